The van der Waals surface area contributed by atoms with Gasteiger partial charge in [-0.3, -0.25) is 24.0 Å². The van der Waals surface area contributed by atoms with Crippen molar-refractivity contribution in [1.82, 2.24) is 30.2 Å². The van der Waals surface area contributed by atoms with Crippen molar-refractivity contribution in [3.63, 3.8) is 0 Å². The SMILES string of the molecule is CN(C)CCNC(=O)[C@@H]1CCC(=O)N(C)CC(=O)N2C[C@H](NC(=O)Cc3cccc4ccccc34)C[C@H]2CSc2cccc(c2)C(=O)N1C. The van der Waals surface area contributed by atoms with Crippen molar-refractivity contribution in [2.75, 3.05) is 60.1 Å². The Bertz CT molecular complexity index is 1690. The van der Waals surface area contributed by atoms with Crippen molar-refractivity contribution in [3.05, 3.63) is 77.9 Å². The third kappa shape index (κ3) is 9.18. The van der Waals surface area contributed by atoms with E-state index in [2.05, 4.69) is 10.6 Å². The summed E-state index contributed by atoms with van der Waals surface area (Å²) in [5.74, 6) is -0.691. The second kappa shape index (κ2) is 16.3. The molecule has 1 fully saturated rings. The Morgan fingerprint density at radius 1 is 0.959 bits per heavy atom. The minimum atomic E-state index is -0.867. The van der Waals surface area contributed by atoms with Gasteiger partial charge in [0.05, 0.1) is 13.0 Å². The van der Waals surface area contributed by atoms with Gasteiger partial charge in [-0.25, -0.2) is 0 Å². The molecule has 49 heavy (non-hydrogen) atoms. The van der Waals surface area contributed by atoms with Crippen LogP contribution in [0.4, 0.5) is 0 Å². The summed E-state index contributed by atoms with van der Waals surface area (Å²) >= 11 is 1.53. The number of benzene rings is 3. The van der Waals surface area contributed by atoms with E-state index < -0.39 is 6.04 Å². The van der Waals surface area contributed by atoms with E-state index in [0.717, 1.165) is 21.2 Å². The largest absolute Gasteiger partial charge is 0.353 e. The fourth-order valence-corrected chi connectivity index (χ4v) is 7.58. The van der Waals surface area contributed by atoms with E-state index in [1.165, 1.54) is 21.6 Å². The summed E-state index contributed by atoms with van der Waals surface area (Å²) < 4.78 is 0. The zero-order valence-corrected chi connectivity index (χ0v) is 29.5. The summed E-state index contributed by atoms with van der Waals surface area (Å²) in [4.78, 5) is 74.6. The Morgan fingerprint density at radius 2 is 1.71 bits per heavy atom. The molecule has 2 aliphatic heterocycles. The molecule has 0 unspecified atom stereocenters. The number of rotatable bonds is 7. The quantitative estimate of drug-likeness (QED) is 0.392. The van der Waals surface area contributed by atoms with Gasteiger partial charge in [0.15, 0.2) is 0 Å². The van der Waals surface area contributed by atoms with Gasteiger partial charge in [0.25, 0.3) is 5.91 Å². The normalized spacial score (nSPS) is 20.9. The number of fused-ring (bicyclic) bond motifs is 4. The molecule has 3 aromatic carbocycles. The van der Waals surface area contributed by atoms with Crippen molar-refractivity contribution < 1.29 is 24.0 Å². The van der Waals surface area contributed by atoms with E-state index in [1.54, 1.807) is 31.1 Å². The van der Waals surface area contributed by atoms with Crippen LogP contribution in [-0.2, 0) is 25.6 Å². The Kier molecular flexibility index (Phi) is 11.9. The summed E-state index contributed by atoms with van der Waals surface area (Å²) in [7, 11) is 6.98. The number of carbonyl (C=O) groups excluding carboxylic acids is 5. The molecule has 2 N–H and O–H groups in total. The van der Waals surface area contributed by atoms with Crippen molar-refractivity contribution in [2.45, 2.75) is 48.7 Å². The van der Waals surface area contributed by atoms with E-state index in [9.17, 15) is 24.0 Å². The lowest BCUT2D eigenvalue weighted by atomic mass is 10.0. The van der Waals surface area contributed by atoms with Gasteiger partial charge in [-0.1, -0.05) is 48.5 Å². The van der Waals surface area contributed by atoms with Crippen LogP contribution < -0.4 is 10.6 Å². The highest BCUT2D eigenvalue weighted by atomic mass is 32.2. The van der Waals surface area contributed by atoms with Gasteiger partial charge in [0, 0.05) is 68.4 Å². The molecule has 0 aromatic heterocycles. The molecule has 2 bridgehead atoms. The third-order valence-corrected chi connectivity index (χ3v) is 10.4. The lowest BCUT2D eigenvalue weighted by molar-refractivity contribution is -0.140. The topological polar surface area (TPSA) is 122 Å². The van der Waals surface area contributed by atoms with Crippen LogP contribution in [-0.4, -0.2) is 127 Å². The number of nitrogens with one attached hydrogen (secondary N) is 2. The number of thioether (sulfide) groups is 1. The monoisotopic (exact) mass is 686 g/mol. The number of hydrogen-bond acceptors (Lipinski definition) is 7. The Hall–Kier alpha value is -4.42. The second-order valence-corrected chi connectivity index (χ2v) is 14.3. The molecule has 12 heteroatoms. The zero-order chi connectivity index (χ0) is 35.1. The molecular formula is C37H46N6O5S. The zero-order valence-electron chi connectivity index (χ0n) is 28.7. The van der Waals surface area contributed by atoms with Crippen LogP contribution in [0.2, 0.25) is 0 Å². The minimum Gasteiger partial charge on any atom is -0.353 e. The fourth-order valence-electron chi connectivity index (χ4n) is 6.49. The van der Waals surface area contributed by atoms with E-state index in [4.69, 9.17) is 0 Å². The van der Waals surface area contributed by atoms with Crippen molar-refractivity contribution in [2.24, 2.45) is 0 Å². The summed E-state index contributed by atoms with van der Waals surface area (Å²) in [5.41, 5.74) is 1.38. The fraction of sp³-hybridized carbons (Fsp3) is 0.432. The minimum absolute atomic E-state index is 0.0145. The van der Waals surface area contributed by atoms with E-state index in [0.29, 0.717) is 37.4 Å². The molecule has 0 spiro atoms. The van der Waals surface area contributed by atoms with Gasteiger partial charge in [-0.2, -0.15) is 0 Å². The van der Waals surface area contributed by atoms with Gasteiger partial charge in [-0.05, 0) is 61.5 Å². The van der Waals surface area contributed by atoms with E-state index in [1.807, 2.05) is 73.6 Å². The van der Waals surface area contributed by atoms with Crippen LogP contribution in [0.25, 0.3) is 10.8 Å². The van der Waals surface area contributed by atoms with Crippen LogP contribution in [0.3, 0.4) is 0 Å². The van der Waals surface area contributed by atoms with Crippen LogP contribution in [0, 0.1) is 0 Å². The van der Waals surface area contributed by atoms with Crippen molar-refractivity contribution >= 4 is 52.1 Å². The van der Waals surface area contributed by atoms with E-state index >= 15 is 0 Å². The molecule has 0 radical (unpaired) electrons. The lowest BCUT2D eigenvalue weighted by Crippen LogP contribution is -2.49. The maximum absolute atomic E-state index is 13.7. The average molecular weight is 687 g/mol. The number of carbonyl (C=O) groups is 5. The third-order valence-electron chi connectivity index (χ3n) is 9.23. The first kappa shape index (κ1) is 35.9. The summed E-state index contributed by atoms with van der Waals surface area (Å²) in [6.07, 6.45) is 0.897. The summed E-state index contributed by atoms with van der Waals surface area (Å²) in [5, 5.41) is 8.17. The molecule has 2 heterocycles. The first-order valence-electron chi connectivity index (χ1n) is 16.7. The Morgan fingerprint density at radius 3 is 2.51 bits per heavy atom. The van der Waals surface area contributed by atoms with Gasteiger partial charge in [-0.15, -0.1) is 11.8 Å². The highest BCUT2D eigenvalue weighted by Crippen LogP contribution is 2.28. The second-order valence-electron chi connectivity index (χ2n) is 13.2. The van der Waals surface area contributed by atoms with Gasteiger partial charge in [0.2, 0.25) is 23.6 Å². The smallest absolute Gasteiger partial charge is 0.254 e. The van der Waals surface area contributed by atoms with Gasteiger partial charge in [0.1, 0.15) is 6.04 Å². The first-order chi connectivity index (χ1) is 23.5. The van der Waals surface area contributed by atoms with Gasteiger partial charge < -0.3 is 30.2 Å². The summed E-state index contributed by atoms with van der Waals surface area (Å²) in [6, 6.07) is 19.9. The predicted octanol–water partition coefficient (Wildman–Crippen LogP) is 2.63. The standard InChI is InChI=1S/C37H46N6O5S/c1-40(2)18-17-38-36(47)32-15-16-34(45)41(3)23-35(46)43-22-28(39-33(44)20-26-11-7-10-25-9-5-6-14-31(25)26)21-29(43)24-49-30-13-8-12-27(19-30)37(48)42(32)4/h5-14,19,28-29,32H,15-18,20-24H2,1-4H3,(H,38,47)(H,39,44)/t28-,29+,32+/m1/s1. The molecular weight excluding hydrogens is 641 g/mol. The lowest BCUT2D eigenvalue weighted by Gasteiger charge is -2.30. The van der Waals surface area contributed by atoms with Crippen LogP contribution in [0.15, 0.2) is 71.6 Å². The predicted molar refractivity (Wildman–Crippen MR) is 191 cm³/mol. The van der Waals surface area contributed by atoms with Crippen LogP contribution >= 0.6 is 11.8 Å². The molecule has 2 aliphatic rings. The molecule has 3 atom stereocenters. The van der Waals surface area contributed by atoms with Crippen molar-refractivity contribution in [3.8, 4) is 0 Å². The summed E-state index contributed by atoms with van der Waals surface area (Å²) in [6.45, 7) is 1.25. The Balaban J connectivity index is 1.32. The van der Waals surface area contributed by atoms with Crippen molar-refractivity contribution in [1.29, 1.82) is 0 Å². The number of likely N-dealkylation sites (N-methyl/N-ethyl adjacent to an activating group) is 3. The van der Waals surface area contributed by atoms with Crippen LogP contribution in [0.5, 0.6) is 0 Å². The highest BCUT2D eigenvalue weighted by molar-refractivity contribution is 7.99. The average Bonchev–Trinajstić information content (AvgIpc) is 3.49. The highest BCUT2D eigenvalue weighted by Gasteiger charge is 2.37. The van der Waals surface area contributed by atoms with E-state index in [-0.39, 0.29) is 67.4 Å². The first-order valence-corrected chi connectivity index (χ1v) is 17.7. The molecule has 11 nitrogen and oxygen atoms in total. The molecule has 260 valence electrons. The van der Waals surface area contributed by atoms with Crippen LogP contribution in [0.1, 0.15) is 35.2 Å². The maximum atomic E-state index is 13.7. The molecule has 0 aliphatic carbocycles. The molecule has 1 saturated heterocycles. The molecule has 0 saturated carbocycles. The Labute approximate surface area is 292 Å². The number of amides is 5. The van der Waals surface area contributed by atoms with Gasteiger partial charge >= 0.3 is 0 Å². The molecule has 5 amide bonds. The number of nitrogens with zero attached hydrogens (tertiary/aromatic N) is 4. The molecule has 3 aromatic rings. The maximum Gasteiger partial charge on any atom is 0.254 e. The number of hydrogen-bond donors (Lipinski definition) is 2. The molecule has 5 rings (SSSR count).